The molecule has 114 valence electrons. The Bertz CT molecular complexity index is 704. The van der Waals surface area contributed by atoms with E-state index in [1.165, 1.54) is 11.8 Å². The third-order valence-corrected chi connectivity index (χ3v) is 4.82. The smallest absolute Gasteiger partial charge is 0.302 e. The molecule has 0 radical (unpaired) electrons. The normalized spacial score (nSPS) is 19.1. The van der Waals surface area contributed by atoms with E-state index in [0.717, 1.165) is 0 Å². The largest absolute Gasteiger partial charge is 0.311 e. The molecule has 1 fully saturated rings. The number of carbonyl (C=O) groups is 2. The van der Waals surface area contributed by atoms with Gasteiger partial charge in [-0.3, -0.25) is 9.59 Å². The Balaban J connectivity index is 2.28. The van der Waals surface area contributed by atoms with Gasteiger partial charge in [0.1, 0.15) is 0 Å². The number of halogens is 2. The van der Waals surface area contributed by atoms with Crippen LogP contribution in [0.5, 0.6) is 0 Å². The highest BCUT2D eigenvalue weighted by Gasteiger charge is 2.34. The summed E-state index contributed by atoms with van der Waals surface area (Å²) in [4.78, 5) is 24.8. The van der Waals surface area contributed by atoms with Crippen LogP contribution in [-0.2, 0) is 15.0 Å². The molecule has 0 aliphatic carbocycles. The molecule has 0 saturated carbocycles. The summed E-state index contributed by atoms with van der Waals surface area (Å²) in [6.07, 6.45) is -0.0279. The SMILES string of the molecule is CC(=O)c1ccc(Br)c(N2CC(CS(=O)(=O)F)CC2=O)c1. The van der Waals surface area contributed by atoms with Crippen LogP contribution in [0.15, 0.2) is 22.7 Å². The van der Waals surface area contributed by atoms with Crippen LogP contribution < -0.4 is 4.90 Å². The van der Waals surface area contributed by atoms with Gasteiger partial charge in [-0.1, -0.05) is 6.07 Å². The van der Waals surface area contributed by atoms with Crippen LogP contribution in [0.2, 0.25) is 0 Å². The monoisotopic (exact) mass is 377 g/mol. The number of rotatable bonds is 4. The molecule has 2 rings (SSSR count). The van der Waals surface area contributed by atoms with Gasteiger partial charge in [0.25, 0.3) is 0 Å². The average molecular weight is 378 g/mol. The first-order chi connectivity index (χ1) is 9.67. The van der Waals surface area contributed by atoms with Crippen LogP contribution in [0.3, 0.4) is 0 Å². The van der Waals surface area contributed by atoms with E-state index >= 15 is 0 Å². The van der Waals surface area contributed by atoms with Gasteiger partial charge in [0.15, 0.2) is 5.78 Å². The highest BCUT2D eigenvalue weighted by atomic mass is 79.9. The number of nitrogens with zero attached hydrogens (tertiary/aromatic N) is 1. The highest BCUT2D eigenvalue weighted by molar-refractivity contribution is 9.10. The van der Waals surface area contributed by atoms with Crippen LogP contribution in [0.1, 0.15) is 23.7 Å². The van der Waals surface area contributed by atoms with Crippen molar-refractivity contribution < 1.29 is 21.9 Å². The fourth-order valence-electron chi connectivity index (χ4n) is 2.35. The quantitative estimate of drug-likeness (QED) is 0.596. The maximum atomic E-state index is 12.7. The molecule has 0 spiro atoms. The van der Waals surface area contributed by atoms with E-state index in [-0.39, 0.29) is 24.7 Å². The van der Waals surface area contributed by atoms with Gasteiger partial charge >= 0.3 is 10.2 Å². The molecule has 21 heavy (non-hydrogen) atoms. The minimum atomic E-state index is -4.61. The zero-order valence-corrected chi connectivity index (χ0v) is 13.6. The van der Waals surface area contributed by atoms with Crippen molar-refractivity contribution in [2.75, 3.05) is 17.2 Å². The van der Waals surface area contributed by atoms with Gasteiger partial charge in [0, 0.05) is 28.9 Å². The van der Waals surface area contributed by atoms with Gasteiger partial charge in [-0.15, -0.1) is 3.89 Å². The molecule has 1 aromatic carbocycles. The van der Waals surface area contributed by atoms with Crippen molar-refractivity contribution in [3.8, 4) is 0 Å². The fourth-order valence-corrected chi connectivity index (χ4v) is 3.59. The van der Waals surface area contributed by atoms with Crippen molar-refractivity contribution in [3.05, 3.63) is 28.2 Å². The van der Waals surface area contributed by atoms with Crippen molar-refractivity contribution in [1.82, 2.24) is 0 Å². The lowest BCUT2D eigenvalue weighted by Gasteiger charge is -2.19. The second-order valence-corrected chi connectivity index (χ2v) is 7.27. The zero-order chi connectivity index (χ0) is 15.8. The second kappa shape index (κ2) is 5.84. The molecule has 1 heterocycles. The number of hydrogen-bond acceptors (Lipinski definition) is 4. The Labute approximate surface area is 130 Å². The highest BCUT2D eigenvalue weighted by Crippen LogP contribution is 2.33. The number of benzene rings is 1. The van der Waals surface area contributed by atoms with Crippen molar-refractivity contribution >= 4 is 43.5 Å². The van der Waals surface area contributed by atoms with Crippen LogP contribution in [0, 0.1) is 5.92 Å². The Hall–Kier alpha value is -1.28. The molecule has 1 atom stereocenters. The van der Waals surface area contributed by atoms with E-state index in [4.69, 9.17) is 0 Å². The summed E-state index contributed by atoms with van der Waals surface area (Å²) in [7, 11) is -4.61. The van der Waals surface area contributed by atoms with Crippen molar-refractivity contribution in [3.63, 3.8) is 0 Å². The Morgan fingerprint density at radius 2 is 2.14 bits per heavy atom. The molecule has 1 saturated heterocycles. The number of amides is 1. The molecule has 5 nitrogen and oxygen atoms in total. The summed E-state index contributed by atoms with van der Waals surface area (Å²) in [6.45, 7) is 1.53. The van der Waals surface area contributed by atoms with Gasteiger partial charge in [0.2, 0.25) is 5.91 Å². The Kier molecular flexibility index (Phi) is 4.48. The van der Waals surface area contributed by atoms with Crippen LogP contribution in [0.25, 0.3) is 0 Å². The summed E-state index contributed by atoms with van der Waals surface area (Å²) >= 11 is 3.30. The predicted octanol–water partition coefficient (Wildman–Crippen LogP) is 2.30. The average Bonchev–Trinajstić information content (AvgIpc) is 2.67. The maximum absolute atomic E-state index is 12.7. The molecule has 1 aliphatic rings. The van der Waals surface area contributed by atoms with E-state index in [0.29, 0.717) is 15.7 Å². The lowest BCUT2D eigenvalue weighted by Crippen LogP contribution is -2.26. The third-order valence-electron chi connectivity index (χ3n) is 3.28. The maximum Gasteiger partial charge on any atom is 0.302 e. The van der Waals surface area contributed by atoms with E-state index in [1.807, 2.05) is 0 Å². The Morgan fingerprint density at radius 3 is 2.71 bits per heavy atom. The first-order valence-corrected chi connectivity index (χ1v) is 8.55. The van der Waals surface area contributed by atoms with E-state index < -0.39 is 21.9 Å². The van der Waals surface area contributed by atoms with Gasteiger partial charge < -0.3 is 4.90 Å². The fraction of sp³-hybridized carbons (Fsp3) is 0.385. The van der Waals surface area contributed by atoms with E-state index in [1.54, 1.807) is 18.2 Å². The lowest BCUT2D eigenvalue weighted by atomic mass is 10.1. The summed E-state index contributed by atoms with van der Waals surface area (Å²) in [5, 5.41) is 0. The minimum Gasteiger partial charge on any atom is -0.311 e. The van der Waals surface area contributed by atoms with E-state index in [9.17, 15) is 21.9 Å². The number of ketones is 1. The molecule has 0 bridgehead atoms. The molecule has 8 heteroatoms. The topological polar surface area (TPSA) is 71.5 Å². The van der Waals surface area contributed by atoms with Crippen LogP contribution in [-0.4, -0.2) is 32.4 Å². The molecule has 0 N–H and O–H groups in total. The standard InChI is InChI=1S/C13H13BrFNO4S/c1-8(17)10-2-3-11(14)12(5-10)16-6-9(4-13(16)18)7-21(15,19)20/h2-3,5,9H,4,6-7H2,1H3. The van der Waals surface area contributed by atoms with Crippen LogP contribution >= 0.6 is 15.9 Å². The van der Waals surface area contributed by atoms with Gasteiger partial charge in [-0.25, -0.2) is 0 Å². The molecule has 1 amide bonds. The predicted molar refractivity (Wildman–Crippen MR) is 79.5 cm³/mol. The van der Waals surface area contributed by atoms with Crippen molar-refractivity contribution in [2.24, 2.45) is 5.92 Å². The zero-order valence-electron chi connectivity index (χ0n) is 11.2. The molecule has 0 aromatic heterocycles. The van der Waals surface area contributed by atoms with Crippen molar-refractivity contribution in [2.45, 2.75) is 13.3 Å². The van der Waals surface area contributed by atoms with E-state index in [2.05, 4.69) is 15.9 Å². The van der Waals surface area contributed by atoms with Crippen LogP contribution in [0.4, 0.5) is 9.57 Å². The molecule has 1 aromatic rings. The number of anilines is 1. The number of hydrogen-bond donors (Lipinski definition) is 0. The summed E-state index contributed by atoms with van der Waals surface area (Å²) < 4.78 is 34.7. The van der Waals surface area contributed by atoms with Gasteiger partial charge in [-0.05, 0) is 35.0 Å². The summed E-state index contributed by atoms with van der Waals surface area (Å²) in [6, 6.07) is 4.84. The summed E-state index contributed by atoms with van der Waals surface area (Å²) in [5.41, 5.74) is 0.939. The van der Waals surface area contributed by atoms with Crippen molar-refractivity contribution in [1.29, 1.82) is 0 Å². The minimum absolute atomic E-state index is 0.0279. The Morgan fingerprint density at radius 1 is 1.48 bits per heavy atom. The first-order valence-electron chi connectivity index (χ1n) is 6.20. The number of Topliss-reactive ketones (excluding diaryl/α,β-unsaturated/α-hetero) is 1. The molecule has 1 aliphatic heterocycles. The van der Waals surface area contributed by atoms with Gasteiger partial charge in [-0.2, -0.15) is 8.42 Å². The van der Waals surface area contributed by atoms with Gasteiger partial charge in [0.05, 0.1) is 11.4 Å². The summed E-state index contributed by atoms with van der Waals surface area (Å²) in [5.74, 6) is -1.68. The number of carbonyl (C=O) groups excluding carboxylic acids is 2. The third kappa shape index (κ3) is 3.88. The molecular weight excluding hydrogens is 365 g/mol. The lowest BCUT2D eigenvalue weighted by molar-refractivity contribution is -0.117. The molecular formula is C13H13BrFNO4S. The first kappa shape index (κ1) is 16.1. The second-order valence-electron chi connectivity index (χ2n) is 5.00. The molecule has 1 unspecified atom stereocenters.